The first-order valence-corrected chi connectivity index (χ1v) is 12.7. The van der Waals surface area contributed by atoms with E-state index in [4.69, 9.17) is 0 Å². The van der Waals surface area contributed by atoms with E-state index in [0.717, 1.165) is 17.8 Å². The van der Waals surface area contributed by atoms with Crippen LogP contribution in [0.3, 0.4) is 0 Å². The van der Waals surface area contributed by atoms with Crippen LogP contribution in [0, 0.1) is 5.82 Å². The third kappa shape index (κ3) is 5.10. The van der Waals surface area contributed by atoms with Crippen LogP contribution in [-0.4, -0.2) is 65.3 Å². The van der Waals surface area contributed by atoms with Crippen molar-refractivity contribution in [3.8, 4) is 11.1 Å². The SMILES string of the molecule is C[C@@H]1CN(c2cc(F)c(-c3ccc4c(c3)ncn4C)cc2NC(=O)C2=CNCC=C2C(F)(F)F)C[C@H](C)N1C. The van der Waals surface area contributed by atoms with Gasteiger partial charge in [-0.1, -0.05) is 12.1 Å². The number of halogens is 4. The number of benzene rings is 2. The number of likely N-dealkylation sites (N-methyl/N-ethyl adjacent to an activating group) is 1. The fraction of sp³-hybridized carbons (Fsp3) is 0.357. The van der Waals surface area contributed by atoms with Gasteiger partial charge < -0.3 is 20.1 Å². The van der Waals surface area contributed by atoms with Gasteiger partial charge in [0, 0.05) is 50.5 Å². The van der Waals surface area contributed by atoms with E-state index in [9.17, 15) is 18.0 Å². The predicted octanol–water partition coefficient (Wildman–Crippen LogP) is 4.82. The number of carbonyl (C=O) groups is 1. The Morgan fingerprint density at radius 3 is 2.51 bits per heavy atom. The van der Waals surface area contributed by atoms with Gasteiger partial charge in [-0.05, 0) is 50.7 Å². The number of anilines is 2. The zero-order chi connectivity index (χ0) is 28.1. The molecule has 0 unspecified atom stereocenters. The maximum absolute atomic E-state index is 15.7. The molecule has 2 atom stereocenters. The van der Waals surface area contributed by atoms with Gasteiger partial charge in [0.25, 0.3) is 5.91 Å². The fourth-order valence-electron chi connectivity index (χ4n) is 5.21. The Morgan fingerprint density at radius 1 is 1.10 bits per heavy atom. The molecule has 7 nitrogen and oxygen atoms in total. The fourth-order valence-corrected chi connectivity index (χ4v) is 5.21. The van der Waals surface area contributed by atoms with Crippen LogP contribution in [-0.2, 0) is 11.8 Å². The molecule has 3 aromatic rings. The lowest BCUT2D eigenvalue weighted by Crippen LogP contribution is -2.55. The zero-order valence-electron chi connectivity index (χ0n) is 22.1. The number of amides is 1. The Kier molecular flexibility index (Phi) is 6.88. The summed E-state index contributed by atoms with van der Waals surface area (Å²) in [6.45, 7) is 5.17. The number of dihydropyridines is 1. The highest BCUT2D eigenvalue weighted by molar-refractivity contribution is 6.09. The molecular weight excluding hydrogens is 512 g/mol. The van der Waals surface area contributed by atoms with Crippen LogP contribution in [0.2, 0.25) is 0 Å². The van der Waals surface area contributed by atoms with Crippen molar-refractivity contribution in [1.29, 1.82) is 0 Å². The molecule has 5 rings (SSSR count). The van der Waals surface area contributed by atoms with Crippen molar-refractivity contribution in [3.05, 3.63) is 65.9 Å². The smallest absolute Gasteiger partial charge is 0.387 e. The van der Waals surface area contributed by atoms with E-state index in [1.807, 2.05) is 43.5 Å². The average Bonchev–Trinajstić information content (AvgIpc) is 3.27. The van der Waals surface area contributed by atoms with Crippen molar-refractivity contribution in [1.82, 2.24) is 19.8 Å². The van der Waals surface area contributed by atoms with Crippen molar-refractivity contribution in [2.45, 2.75) is 32.1 Å². The lowest BCUT2D eigenvalue weighted by molar-refractivity contribution is -0.115. The summed E-state index contributed by atoms with van der Waals surface area (Å²) in [6.07, 6.45) is -1.02. The molecule has 2 aliphatic rings. The third-order valence-corrected chi connectivity index (χ3v) is 7.58. The minimum atomic E-state index is -4.69. The Morgan fingerprint density at radius 2 is 1.82 bits per heavy atom. The van der Waals surface area contributed by atoms with Crippen molar-refractivity contribution in [2.75, 3.05) is 36.9 Å². The summed E-state index contributed by atoms with van der Waals surface area (Å²) in [4.78, 5) is 21.8. The molecule has 1 amide bonds. The quantitative estimate of drug-likeness (QED) is 0.463. The highest BCUT2D eigenvalue weighted by atomic mass is 19.4. The number of nitrogens with zero attached hydrogens (tertiary/aromatic N) is 4. The number of aryl methyl sites for hydroxylation is 1. The number of hydrogen-bond donors (Lipinski definition) is 2. The first kappa shape index (κ1) is 26.7. The average molecular weight is 543 g/mol. The molecule has 1 aromatic heterocycles. The lowest BCUT2D eigenvalue weighted by atomic mass is 10.00. The molecule has 0 radical (unpaired) electrons. The second-order valence-corrected chi connectivity index (χ2v) is 10.2. The van der Waals surface area contributed by atoms with Gasteiger partial charge in [-0.2, -0.15) is 13.2 Å². The number of piperazine rings is 1. The molecule has 1 fully saturated rings. The van der Waals surface area contributed by atoms with Crippen molar-refractivity contribution in [3.63, 3.8) is 0 Å². The van der Waals surface area contributed by atoms with Gasteiger partial charge in [0.05, 0.1) is 39.9 Å². The molecule has 2 aromatic carbocycles. The molecular formula is C28H30F4N6O. The van der Waals surface area contributed by atoms with Gasteiger partial charge in [0.15, 0.2) is 0 Å². The zero-order valence-corrected chi connectivity index (χ0v) is 22.1. The van der Waals surface area contributed by atoms with Gasteiger partial charge >= 0.3 is 6.18 Å². The number of rotatable bonds is 4. The van der Waals surface area contributed by atoms with Crippen LogP contribution in [0.1, 0.15) is 13.8 Å². The minimum absolute atomic E-state index is 0.0371. The number of nitrogens with one attached hydrogen (secondary N) is 2. The summed E-state index contributed by atoms with van der Waals surface area (Å²) < 4.78 is 58.5. The van der Waals surface area contributed by atoms with Crippen LogP contribution < -0.4 is 15.5 Å². The normalized spacial score (nSPS) is 20.5. The van der Waals surface area contributed by atoms with Gasteiger partial charge in [-0.3, -0.25) is 9.69 Å². The molecule has 0 aliphatic carbocycles. The summed E-state index contributed by atoms with van der Waals surface area (Å²) in [6, 6.07) is 8.45. The number of alkyl halides is 3. The van der Waals surface area contributed by atoms with Crippen LogP contribution in [0.15, 0.2) is 60.1 Å². The largest absolute Gasteiger partial charge is 0.416 e. The first-order valence-electron chi connectivity index (χ1n) is 12.7. The summed E-state index contributed by atoms with van der Waals surface area (Å²) in [5.74, 6) is -1.44. The molecule has 0 bridgehead atoms. The number of fused-ring (bicyclic) bond motifs is 1. The van der Waals surface area contributed by atoms with Crippen molar-refractivity contribution >= 4 is 28.3 Å². The highest BCUT2D eigenvalue weighted by Gasteiger charge is 2.39. The summed E-state index contributed by atoms with van der Waals surface area (Å²) >= 11 is 0. The van der Waals surface area contributed by atoms with Crippen molar-refractivity contribution < 1.29 is 22.4 Å². The van der Waals surface area contributed by atoms with Gasteiger partial charge in [0.2, 0.25) is 0 Å². The summed E-state index contributed by atoms with van der Waals surface area (Å²) in [5, 5.41) is 5.35. The van der Waals surface area contributed by atoms with Gasteiger partial charge in [-0.15, -0.1) is 0 Å². The van der Waals surface area contributed by atoms with Crippen molar-refractivity contribution in [2.24, 2.45) is 7.05 Å². The minimum Gasteiger partial charge on any atom is -0.387 e. The standard InChI is InChI=1S/C28H30F4N6O/c1-16-13-38(14-17(2)37(16)4)26-11-22(29)19(18-5-6-25-23(9-18)34-15-36(25)3)10-24(26)35-27(39)20-12-33-8-7-21(20)28(30,31)32/h5-7,9-12,15-17,33H,8,13-14H2,1-4H3,(H,35,39)/t16-,17+. The Hall–Kier alpha value is -3.86. The van der Waals surface area contributed by atoms with E-state index in [-0.39, 0.29) is 29.9 Å². The molecule has 0 spiro atoms. The molecule has 3 heterocycles. The third-order valence-electron chi connectivity index (χ3n) is 7.58. The number of imidazole rings is 1. The van der Waals surface area contributed by atoms with Gasteiger partial charge in [-0.25, -0.2) is 9.37 Å². The molecule has 2 aliphatic heterocycles. The van der Waals surface area contributed by atoms with E-state index >= 15 is 4.39 Å². The number of carbonyl (C=O) groups excluding carboxylic acids is 1. The molecule has 11 heteroatoms. The maximum atomic E-state index is 15.7. The predicted molar refractivity (Wildman–Crippen MR) is 144 cm³/mol. The maximum Gasteiger partial charge on any atom is 0.416 e. The topological polar surface area (TPSA) is 65.4 Å². The molecule has 2 N–H and O–H groups in total. The van der Waals surface area contributed by atoms with E-state index in [1.54, 1.807) is 18.5 Å². The molecule has 206 valence electrons. The highest BCUT2D eigenvalue weighted by Crippen LogP contribution is 2.38. The Balaban J connectivity index is 1.58. The first-order chi connectivity index (χ1) is 18.4. The monoisotopic (exact) mass is 542 g/mol. The van der Waals surface area contributed by atoms with E-state index < -0.39 is 29.0 Å². The second kappa shape index (κ2) is 10.0. The van der Waals surface area contributed by atoms with Crippen LogP contribution in [0.25, 0.3) is 22.2 Å². The van der Waals surface area contributed by atoms with Gasteiger partial charge in [0.1, 0.15) is 5.82 Å². The summed E-state index contributed by atoms with van der Waals surface area (Å²) in [7, 11) is 3.87. The van der Waals surface area contributed by atoms with E-state index in [0.29, 0.717) is 29.9 Å². The lowest BCUT2D eigenvalue weighted by Gasteiger charge is -2.44. The number of hydrogen-bond acceptors (Lipinski definition) is 5. The van der Waals surface area contributed by atoms with Crippen LogP contribution in [0.4, 0.5) is 28.9 Å². The van der Waals surface area contributed by atoms with E-state index in [1.165, 1.54) is 12.1 Å². The van der Waals surface area contributed by atoms with Crippen LogP contribution in [0.5, 0.6) is 0 Å². The molecule has 39 heavy (non-hydrogen) atoms. The molecule has 0 saturated carbocycles. The van der Waals surface area contributed by atoms with Crippen LogP contribution >= 0.6 is 0 Å². The molecule has 1 saturated heterocycles. The Labute approximate surface area is 223 Å². The Bertz CT molecular complexity index is 1480. The summed E-state index contributed by atoms with van der Waals surface area (Å²) in [5.41, 5.74) is 1.39. The second-order valence-electron chi connectivity index (χ2n) is 10.2. The number of aromatic nitrogens is 2. The van der Waals surface area contributed by atoms with E-state index in [2.05, 4.69) is 20.5 Å².